The van der Waals surface area contributed by atoms with Crippen LogP contribution in [0.5, 0.6) is 5.75 Å². The average molecular weight is 296 g/mol. The average Bonchev–Trinajstić information content (AvgIpc) is 2.49. The Bertz CT molecular complexity index is 634. The molecule has 112 valence electrons. The van der Waals surface area contributed by atoms with E-state index in [1.54, 1.807) is 13.1 Å². The topological polar surface area (TPSA) is 34.1 Å². The van der Waals surface area contributed by atoms with Crippen LogP contribution in [0.4, 0.5) is 13.2 Å². The second-order valence-electron chi connectivity index (χ2n) is 4.37. The standard InChI is InChI=1S/C15H15F3N2O/c1-3-21-10-6-9(7-20-8-10)15(19-2)11-4-5-12(16)14(18)13(11)17/h4-8,15,19H,3H2,1-2H3. The van der Waals surface area contributed by atoms with Gasteiger partial charge >= 0.3 is 0 Å². The number of nitrogens with zero attached hydrogens (tertiary/aromatic N) is 1. The molecule has 2 aromatic rings. The highest BCUT2D eigenvalue weighted by Crippen LogP contribution is 2.28. The Labute approximate surface area is 120 Å². The van der Waals surface area contributed by atoms with E-state index in [1.165, 1.54) is 18.5 Å². The summed E-state index contributed by atoms with van der Waals surface area (Å²) in [5.74, 6) is -3.39. The molecule has 1 N–H and O–H groups in total. The summed E-state index contributed by atoms with van der Waals surface area (Å²) in [6.45, 7) is 2.30. The van der Waals surface area contributed by atoms with Crippen LogP contribution in [0.15, 0.2) is 30.6 Å². The molecule has 2 rings (SSSR count). The lowest BCUT2D eigenvalue weighted by atomic mass is 9.99. The predicted octanol–water partition coefficient (Wildman–Crippen LogP) is 3.21. The SMILES string of the molecule is CCOc1cncc(C(NC)c2ccc(F)c(F)c2F)c1. The summed E-state index contributed by atoms with van der Waals surface area (Å²) in [6.07, 6.45) is 3.05. The van der Waals surface area contributed by atoms with E-state index in [2.05, 4.69) is 10.3 Å². The number of benzene rings is 1. The van der Waals surface area contributed by atoms with E-state index in [0.717, 1.165) is 6.07 Å². The zero-order valence-electron chi connectivity index (χ0n) is 11.7. The van der Waals surface area contributed by atoms with Gasteiger partial charge in [-0.2, -0.15) is 0 Å². The second kappa shape index (κ2) is 6.58. The fourth-order valence-electron chi connectivity index (χ4n) is 2.10. The first-order valence-corrected chi connectivity index (χ1v) is 6.46. The molecular weight excluding hydrogens is 281 g/mol. The molecule has 0 fully saturated rings. The molecule has 1 aromatic heterocycles. The molecule has 0 saturated heterocycles. The maximum atomic E-state index is 13.9. The number of hydrogen-bond acceptors (Lipinski definition) is 3. The van der Waals surface area contributed by atoms with Gasteiger partial charge in [-0.25, -0.2) is 13.2 Å². The zero-order valence-corrected chi connectivity index (χ0v) is 11.7. The van der Waals surface area contributed by atoms with E-state index in [9.17, 15) is 13.2 Å². The molecule has 1 heterocycles. The van der Waals surface area contributed by atoms with Crippen molar-refractivity contribution in [2.24, 2.45) is 0 Å². The van der Waals surface area contributed by atoms with E-state index in [1.807, 2.05) is 6.92 Å². The Morgan fingerprint density at radius 2 is 1.95 bits per heavy atom. The summed E-state index contributed by atoms with van der Waals surface area (Å²) >= 11 is 0. The Morgan fingerprint density at radius 1 is 1.19 bits per heavy atom. The van der Waals surface area contributed by atoms with Crippen LogP contribution in [0.2, 0.25) is 0 Å². The van der Waals surface area contributed by atoms with E-state index in [0.29, 0.717) is 17.9 Å². The third kappa shape index (κ3) is 3.16. The van der Waals surface area contributed by atoms with Gasteiger partial charge in [0, 0.05) is 11.8 Å². The number of hydrogen-bond donors (Lipinski definition) is 1. The van der Waals surface area contributed by atoms with Gasteiger partial charge in [-0.1, -0.05) is 6.07 Å². The predicted molar refractivity (Wildman–Crippen MR) is 72.6 cm³/mol. The lowest BCUT2D eigenvalue weighted by Crippen LogP contribution is -2.20. The number of ether oxygens (including phenoxy) is 1. The third-order valence-corrected chi connectivity index (χ3v) is 3.04. The summed E-state index contributed by atoms with van der Waals surface area (Å²) in [5, 5.41) is 2.87. The molecule has 0 spiro atoms. The van der Waals surface area contributed by atoms with Gasteiger partial charge in [-0.15, -0.1) is 0 Å². The highest BCUT2D eigenvalue weighted by molar-refractivity contribution is 5.35. The molecule has 0 bridgehead atoms. The molecule has 6 heteroatoms. The van der Waals surface area contributed by atoms with Crippen molar-refractivity contribution in [2.45, 2.75) is 13.0 Å². The largest absolute Gasteiger partial charge is 0.492 e. The van der Waals surface area contributed by atoms with Crippen molar-refractivity contribution in [3.05, 3.63) is 59.2 Å². The van der Waals surface area contributed by atoms with Crippen LogP contribution >= 0.6 is 0 Å². The second-order valence-corrected chi connectivity index (χ2v) is 4.37. The Balaban J connectivity index is 2.44. The number of nitrogens with one attached hydrogen (secondary N) is 1. The summed E-state index contributed by atoms with van der Waals surface area (Å²) in [5.41, 5.74) is 0.597. The van der Waals surface area contributed by atoms with Crippen molar-refractivity contribution in [3.8, 4) is 5.75 Å². The Kier molecular flexibility index (Phi) is 4.80. The van der Waals surface area contributed by atoms with Gasteiger partial charge in [0.1, 0.15) is 5.75 Å². The third-order valence-electron chi connectivity index (χ3n) is 3.04. The fourth-order valence-corrected chi connectivity index (χ4v) is 2.10. The van der Waals surface area contributed by atoms with Crippen LogP contribution < -0.4 is 10.1 Å². The molecule has 0 amide bonds. The summed E-state index contributed by atoms with van der Waals surface area (Å²) in [6, 6.07) is 3.13. The van der Waals surface area contributed by atoms with Crippen molar-refractivity contribution < 1.29 is 17.9 Å². The Morgan fingerprint density at radius 3 is 2.62 bits per heavy atom. The number of rotatable bonds is 5. The van der Waals surface area contributed by atoms with Crippen molar-refractivity contribution in [1.82, 2.24) is 10.3 Å². The van der Waals surface area contributed by atoms with E-state index < -0.39 is 23.5 Å². The van der Waals surface area contributed by atoms with Gasteiger partial charge in [0.2, 0.25) is 0 Å². The van der Waals surface area contributed by atoms with Gasteiger partial charge < -0.3 is 10.1 Å². The molecule has 1 aromatic carbocycles. The fraction of sp³-hybridized carbons (Fsp3) is 0.267. The van der Waals surface area contributed by atoms with Crippen molar-refractivity contribution in [3.63, 3.8) is 0 Å². The van der Waals surface area contributed by atoms with Gasteiger partial charge in [0.15, 0.2) is 17.5 Å². The van der Waals surface area contributed by atoms with Crippen LogP contribution in [-0.4, -0.2) is 18.6 Å². The maximum absolute atomic E-state index is 13.9. The lowest BCUT2D eigenvalue weighted by Gasteiger charge is -2.18. The maximum Gasteiger partial charge on any atom is 0.194 e. The quantitative estimate of drug-likeness (QED) is 0.860. The van der Waals surface area contributed by atoms with Gasteiger partial charge in [0.25, 0.3) is 0 Å². The smallest absolute Gasteiger partial charge is 0.194 e. The van der Waals surface area contributed by atoms with Crippen LogP contribution in [-0.2, 0) is 0 Å². The van der Waals surface area contributed by atoms with Crippen LogP contribution in [0.3, 0.4) is 0 Å². The van der Waals surface area contributed by atoms with E-state index >= 15 is 0 Å². The molecule has 0 aliphatic carbocycles. The van der Waals surface area contributed by atoms with Crippen molar-refractivity contribution in [1.29, 1.82) is 0 Å². The zero-order chi connectivity index (χ0) is 15.4. The first-order valence-electron chi connectivity index (χ1n) is 6.46. The van der Waals surface area contributed by atoms with Crippen LogP contribution in [0.25, 0.3) is 0 Å². The number of aromatic nitrogens is 1. The number of halogens is 3. The van der Waals surface area contributed by atoms with Crippen LogP contribution in [0.1, 0.15) is 24.1 Å². The minimum atomic E-state index is -1.48. The van der Waals surface area contributed by atoms with Gasteiger partial charge in [-0.05, 0) is 31.7 Å². The van der Waals surface area contributed by atoms with Crippen molar-refractivity contribution >= 4 is 0 Å². The van der Waals surface area contributed by atoms with Gasteiger partial charge in [-0.3, -0.25) is 4.98 Å². The molecule has 0 saturated carbocycles. The monoisotopic (exact) mass is 296 g/mol. The van der Waals surface area contributed by atoms with Gasteiger partial charge in [0.05, 0.1) is 18.8 Å². The molecule has 1 unspecified atom stereocenters. The minimum absolute atomic E-state index is 0.00634. The lowest BCUT2D eigenvalue weighted by molar-refractivity contribution is 0.338. The summed E-state index contributed by atoms with van der Waals surface area (Å²) in [7, 11) is 1.60. The molecule has 1 atom stereocenters. The molecule has 21 heavy (non-hydrogen) atoms. The normalized spacial score (nSPS) is 12.2. The van der Waals surface area contributed by atoms with Crippen molar-refractivity contribution in [2.75, 3.05) is 13.7 Å². The first kappa shape index (κ1) is 15.3. The summed E-state index contributed by atoms with van der Waals surface area (Å²) < 4.78 is 45.7. The summed E-state index contributed by atoms with van der Waals surface area (Å²) in [4.78, 5) is 4.01. The van der Waals surface area contributed by atoms with Crippen LogP contribution in [0, 0.1) is 17.5 Å². The number of pyridine rings is 1. The molecule has 0 aliphatic rings. The first-order chi connectivity index (χ1) is 10.1. The minimum Gasteiger partial charge on any atom is -0.492 e. The molecule has 3 nitrogen and oxygen atoms in total. The highest BCUT2D eigenvalue weighted by Gasteiger charge is 2.21. The molecule has 0 radical (unpaired) electrons. The highest BCUT2D eigenvalue weighted by atomic mass is 19.2. The Hall–Kier alpha value is -2.08. The van der Waals surface area contributed by atoms with E-state index in [-0.39, 0.29) is 5.56 Å². The molecule has 0 aliphatic heterocycles. The molecular formula is C15H15F3N2O. The van der Waals surface area contributed by atoms with E-state index in [4.69, 9.17) is 4.74 Å².